The van der Waals surface area contributed by atoms with E-state index in [1.165, 1.54) is 0 Å². The van der Waals surface area contributed by atoms with Crippen LogP contribution < -0.4 is 4.74 Å². The van der Waals surface area contributed by atoms with Gasteiger partial charge in [-0.05, 0) is 38.6 Å². The summed E-state index contributed by atoms with van der Waals surface area (Å²) < 4.78 is 5.64. The predicted molar refractivity (Wildman–Crippen MR) is 69.0 cm³/mol. The van der Waals surface area contributed by atoms with Gasteiger partial charge < -0.3 is 4.74 Å². The van der Waals surface area contributed by atoms with Crippen LogP contribution >= 0.6 is 0 Å². The zero-order chi connectivity index (χ0) is 12.7. The van der Waals surface area contributed by atoms with Gasteiger partial charge in [-0.15, -0.1) is 0 Å². The summed E-state index contributed by atoms with van der Waals surface area (Å²) in [5.41, 5.74) is 0.638. The average molecular weight is 232 g/mol. The fourth-order valence-corrected chi connectivity index (χ4v) is 1.72. The normalized spacial score (nSPS) is 10.6. The molecule has 3 heteroatoms. The van der Waals surface area contributed by atoms with Gasteiger partial charge >= 0.3 is 0 Å². The van der Waals surface area contributed by atoms with E-state index in [-0.39, 0.29) is 0 Å². The highest BCUT2D eigenvalue weighted by Gasteiger charge is 2.06. The number of ether oxygens (including phenoxy) is 1. The summed E-state index contributed by atoms with van der Waals surface area (Å²) >= 11 is 0. The molecule has 17 heavy (non-hydrogen) atoms. The number of hydrogen-bond donors (Lipinski definition) is 0. The number of rotatable bonds is 6. The molecule has 0 radical (unpaired) electrons. The molecule has 0 heterocycles. The number of nitriles is 1. The molecular weight excluding hydrogens is 212 g/mol. The van der Waals surface area contributed by atoms with Gasteiger partial charge in [-0.25, -0.2) is 0 Å². The number of benzene rings is 1. The van der Waals surface area contributed by atoms with Crippen molar-refractivity contribution in [1.82, 2.24) is 4.90 Å². The monoisotopic (exact) mass is 232 g/mol. The van der Waals surface area contributed by atoms with E-state index < -0.39 is 0 Å². The fourth-order valence-electron chi connectivity index (χ4n) is 1.72. The van der Waals surface area contributed by atoms with Crippen molar-refractivity contribution in [2.45, 2.75) is 26.8 Å². The molecule has 0 aliphatic heterocycles. The summed E-state index contributed by atoms with van der Waals surface area (Å²) in [5, 5.41) is 8.77. The van der Waals surface area contributed by atoms with E-state index in [2.05, 4.69) is 31.7 Å². The van der Waals surface area contributed by atoms with Crippen LogP contribution in [0.3, 0.4) is 0 Å². The molecule has 0 bridgehead atoms. The third kappa shape index (κ3) is 4.46. The Morgan fingerprint density at radius 1 is 1.41 bits per heavy atom. The van der Waals surface area contributed by atoms with Gasteiger partial charge in [0.2, 0.25) is 0 Å². The van der Waals surface area contributed by atoms with Crippen molar-refractivity contribution < 1.29 is 4.74 Å². The maximum atomic E-state index is 8.77. The van der Waals surface area contributed by atoms with E-state index in [0.29, 0.717) is 18.2 Å². The fraction of sp³-hybridized carbons (Fsp3) is 0.500. The van der Waals surface area contributed by atoms with Gasteiger partial charge in [0.05, 0.1) is 11.6 Å². The van der Waals surface area contributed by atoms with Crippen molar-refractivity contribution in [3.05, 3.63) is 29.8 Å². The van der Waals surface area contributed by atoms with Crippen molar-refractivity contribution in [2.75, 3.05) is 19.7 Å². The van der Waals surface area contributed by atoms with Crippen molar-refractivity contribution >= 4 is 0 Å². The number of nitrogens with zero attached hydrogens (tertiary/aromatic N) is 2. The van der Waals surface area contributed by atoms with E-state index >= 15 is 0 Å². The lowest BCUT2D eigenvalue weighted by atomic mass is 10.2. The van der Waals surface area contributed by atoms with Crippen molar-refractivity contribution in [3.63, 3.8) is 0 Å². The Hall–Kier alpha value is -1.53. The minimum absolute atomic E-state index is 0.536. The highest BCUT2D eigenvalue weighted by Crippen LogP contribution is 2.12. The Balaban J connectivity index is 2.43. The van der Waals surface area contributed by atoms with Crippen molar-refractivity contribution in [1.29, 1.82) is 5.26 Å². The SMILES string of the molecule is CCN(CCOc1cccc(C#N)c1)C(C)C. The summed E-state index contributed by atoms with van der Waals surface area (Å²) in [4.78, 5) is 2.34. The van der Waals surface area contributed by atoms with Gasteiger partial charge in [-0.2, -0.15) is 5.26 Å². The second kappa shape index (κ2) is 6.93. The molecule has 3 nitrogen and oxygen atoms in total. The van der Waals surface area contributed by atoms with Crippen LogP contribution in [0.5, 0.6) is 5.75 Å². The van der Waals surface area contributed by atoms with Crippen LogP contribution in [0.4, 0.5) is 0 Å². The topological polar surface area (TPSA) is 36.3 Å². The van der Waals surface area contributed by atoms with Crippen molar-refractivity contribution in [3.8, 4) is 11.8 Å². The third-order valence-corrected chi connectivity index (χ3v) is 2.75. The molecule has 1 rings (SSSR count). The van der Waals surface area contributed by atoms with E-state index in [1.807, 2.05) is 12.1 Å². The summed E-state index contributed by atoms with van der Waals surface area (Å²) in [6, 6.07) is 9.91. The molecule has 0 fully saturated rings. The van der Waals surface area contributed by atoms with Crippen molar-refractivity contribution in [2.24, 2.45) is 0 Å². The van der Waals surface area contributed by atoms with Crippen LogP contribution in [0.25, 0.3) is 0 Å². The first-order chi connectivity index (χ1) is 8.17. The molecule has 0 aromatic heterocycles. The maximum absolute atomic E-state index is 8.77. The molecule has 0 saturated carbocycles. The smallest absolute Gasteiger partial charge is 0.120 e. The Morgan fingerprint density at radius 2 is 2.18 bits per heavy atom. The second-order valence-electron chi connectivity index (χ2n) is 4.21. The Labute approximate surface area is 104 Å². The van der Waals surface area contributed by atoms with Gasteiger partial charge in [0.25, 0.3) is 0 Å². The first-order valence-corrected chi connectivity index (χ1v) is 6.04. The summed E-state index contributed by atoms with van der Waals surface area (Å²) in [5.74, 6) is 0.767. The summed E-state index contributed by atoms with van der Waals surface area (Å²) in [7, 11) is 0. The van der Waals surface area contributed by atoms with E-state index in [0.717, 1.165) is 18.8 Å². The minimum Gasteiger partial charge on any atom is -0.492 e. The van der Waals surface area contributed by atoms with Crippen LogP contribution in [0.15, 0.2) is 24.3 Å². The molecule has 0 spiro atoms. The molecule has 1 aromatic carbocycles. The summed E-state index contributed by atoms with van der Waals surface area (Å²) in [6.45, 7) is 9.10. The standard InChI is InChI=1S/C14H20N2O/c1-4-16(12(2)3)8-9-17-14-7-5-6-13(10-14)11-15/h5-7,10,12H,4,8-9H2,1-3H3. The van der Waals surface area contributed by atoms with Gasteiger partial charge in [-0.1, -0.05) is 13.0 Å². The van der Waals surface area contributed by atoms with Crippen LogP contribution in [-0.2, 0) is 0 Å². The van der Waals surface area contributed by atoms with Crippen LogP contribution in [0.2, 0.25) is 0 Å². The molecule has 0 atom stereocenters. The number of hydrogen-bond acceptors (Lipinski definition) is 3. The van der Waals surface area contributed by atoms with Gasteiger partial charge in [-0.3, -0.25) is 4.90 Å². The van der Waals surface area contributed by atoms with Crippen LogP contribution in [0.1, 0.15) is 26.3 Å². The molecule has 0 aliphatic carbocycles. The first kappa shape index (κ1) is 13.5. The largest absolute Gasteiger partial charge is 0.492 e. The minimum atomic E-state index is 0.536. The maximum Gasteiger partial charge on any atom is 0.120 e. The highest BCUT2D eigenvalue weighted by atomic mass is 16.5. The lowest BCUT2D eigenvalue weighted by molar-refractivity contribution is 0.183. The Morgan fingerprint density at radius 3 is 2.76 bits per heavy atom. The number of likely N-dealkylation sites (N-methyl/N-ethyl adjacent to an activating group) is 1. The zero-order valence-electron chi connectivity index (χ0n) is 10.8. The summed E-state index contributed by atoms with van der Waals surface area (Å²) in [6.07, 6.45) is 0. The van der Waals surface area contributed by atoms with E-state index in [1.54, 1.807) is 12.1 Å². The molecule has 0 N–H and O–H groups in total. The molecule has 0 amide bonds. The zero-order valence-corrected chi connectivity index (χ0v) is 10.8. The average Bonchev–Trinajstić information content (AvgIpc) is 2.34. The third-order valence-electron chi connectivity index (χ3n) is 2.75. The Bertz CT molecular complexity index is 382. The van der Waals surface area contributed by atoms with Gasteiger partial charge in [0, 0.05) is 12.6 Å². The molecular formula is C14H20N2O. The predicted octanol–water partition coefficient (Wildman–Crippen LogP) is 2.67. The van der Waals surface area contributed by atoms with Crippen LogP contribution in [-0.4, -0.2) is 30.6 Å². The molecule has 0 aliphatic rings. The quantitative estimate of drug-likeness (QED) is 0.756. The van der Waals surface area contributed by atoms with Gasteiger partial charge in [0.1, 0.15) is 12.4 Å². The second-order valence-corrected chi connectivity index (χ2v) is 4.21. The lowest BCUT2D eigenvalue weighted by Gasteiger charge is -2.24. The lowest BCUT2D eigenvalue weighted by Crippen LogP contribution is -2.34. The van der Waals surface area contributed by atoms with E-state index in [9.17, 15) is 0 Å². The Kier molecular flexibility index (Phi) is 5.51. The van der Waals surface area contributed by atoms with Gasteiger partial charge in [0.15, 0.2) is 0 Å². The first-order valence-electron chi connectivity index (χ1n) is 6.04. The highest BCUT2D eigenvalue weighted by molar-refractivity contribution is 5.36. The molecule has 1 aromatic rings. The molecule has 0 unspecified atom stereocenters. The van der Waals surface area contributed by atoms with E-state index in [4.69, 9.17) is 10.00 Å². The molecule has 0 saturated heterocycles. The van der Waals surface area contributed by atoms with Crippen LogP contribution in [0, 0.1) is 11.3 Å². The molecule has 92 valence electrons.